The van der Waals surface area contributed by atoms with Crippen LogP contribution in [0.4, 0.5) is 17.6 Å². The quantitative estimate of drug-likeness (QED) is 0.256. The van der Waals surface area contributed by atoms with Crippen molar-refractivity contribution in [2.75, 3.05) is 25.3 Å². The van der Waals surface area contributed by atoms with Crippen LogP contribution in [-0.4, -0.2) is 77.4 Å². The van der Waals surface area contributed by atoms with Crippen molar-refractivity contribution in [3.63, 3.8) is 0 Å². The molecule has 0 radical (unpaired) electrons. The predicted octanol–water partition coefficient (Wildman–Crippen LogP) is 2.85. The lowest BCUT2D eigenvalue weighted by Gasteiger charge is -2.37. The third-order valence-corrected chi connectivity index (χ3v) is 10.1. The van der Waals surface area contributed by atoms with Crippen LogP contribution in [0.15, 0.2) is 0 Å². The summed E-state index contributed by atoms with van der Waals surface area (Å²) >= 11 is 1.41. The van der Waals surface area contributed by atoms with E-state index in [0.717, 1.165) is 0 Å². The molecular weight excluding hydrogens is 441 g/mol. The molecule has 1 fully saturated rings. The highest BCUT2D eigenvalue weighted by molar-refractivity contribution is 7.98. The van der Waals surface area contributed by atoms with Crippen LogP contribution in [-0.2, 0) is 18.7 Å². The second kappa shape index (κ2) is 11.2. The number of carbonyl (C=O) groups is 1. The molecule has 1 aliphatic heterocycles. The zero-order chi connectivity index (χ0) is 23.2. The summed E-state index contributed by atoms with van der Waals surface area (Å²) in [6.45, 7) is 10.2. The Bertz CT molecular complexity index is 636. The summed E-state index contributed by atoms with van der Waals surface area (Å²) in [5.74, 6) is 3.19. The zero-order valence-electron chi connectivity index (χ0n) is 18.2. The van der Waals surface area contributed by atoms with Crippen molar-refractivity contribution < 1.29 is 36.3 Å². The van der Waals surface area contributed by atoms with E-state index in [1.54, 1.807) is 5.32 Å². The first kappa shape index (κ1) is 27.3. The fourth-order valence-electron chi connectivity index (χ4n) is 2.40. The number of ether oxygens (including phenoxy) is 2. The number of rotatable bonds is 8. The van der Waals surface area contributed by atoms with Crippen molar-refractivity contribution in [1.82, 2.24) is 5.32 Å². The first-order valence-corrected chi connectivity index (χ1v) is 13.9. The maximum atomic E-state index is 14.9. The van der Waals surface area contributed by atoms with E-state index in [9.17, 15) is 22.4 Å². The molecule has 1 rings (SSSR count). The number of nitrogens with one attached hydrogen (secondary N) is 1. The highest BCUT2D eigenvalue weighted by atomic mass is 32.2. The molecule has 3 unspecified atom stereocenters. The average Bonchev–Trinajstić information content (AvgIpc) is 2.91. The van der Waals surface area contributed by atoms with Crippen LogP contribution in [0.3, 0.4) is 0 Å². The van der Waals surface area contributed by atoms with Crippen molar-refractivity contribution in [3.8, 4) is 11.7 Å². The fraction of sp³-hybridized carbons (Fsp3) is 0.833. The fourth-order valence-corrected chi connectivity index (χ4v) is 3.71. The van der Waals surface area contributed by atoms with Gasteiger partial charge in [-0.3, -0.25) is 4.79 Å². The molecule has 1 N–H and O–H groups in total. The maximum Gasteiger partial charge on any atom is 0.471 e. The predicted molar refractivity (Wildman–Crippen MR) is 114 cm³/mol. The van der Waals surface area contributed by atoms with E-state index < -0.39 is 51.3 Å². The first-order valence-electron chi connectivity index (χ1n) is 9.55. The number of hydrogen-bond donors (Lipinski definition) is 1. The largest absolute Gasteiger partial charge is 0.471 e. The number of carbonyl (C=O) groups excluding carboxylic acids is 1. The van der Waals surface area contributed by atoms with Gasteiger partial charge >= 0.3 is 12.1 Å². The van der Waals surface area contributed by atoms with Gasteiger partial charge in [0.1, 0.15) is 18.4 Å². The molecule has 0 aromatic rings. The van der Waals surface area contributed by atoms with Crippen molar-refractivity contribution in [2.24, 2.45) is 0 Å². The van der Waals surface area contributed by atoms with Gasteiger partial charge < -0.3 is 19.2 Å². The molecule has 1 heterocycles. The smallest absolute Gasteiger partial charge is 0.414 e. The van der Waals surface area contributed by atoms with Crippen molar-refractivity contribution in [2.45, 2.75) is 69.5 Å². The summed E-state index contributed by atoms with van der Waals surface area (Å²) in [5.41, 5.74) is 0. The highest BCUT2D eigenvalue weighted by Crippen LogP contribution is 2.37. The topological polar surface area (TPSA) is 56.8 Å². The van der Waals surface area contributed by atoms with Crippen LogP contribution in [0.5, 0.6) is 0 Å². The minimum atomic E-state index is -4.96. The zero-order valence-corrected chi connectivity index (χ0v) is 20.0. The third-order valence-electron chi connectivity index (χ3n) is 5.20. The van der Waals surface area contributed by atoms with E-state index in [-0.39, 0.29) is 18.9 Å². The SMILES string of the molecule is CSCOC1C(CO[Si](C)(C)C(C)(C)C)O[C@@H](BC#CCNC(=O)C(F)(F)F)C1F. The minimum Gasteiger partial charge on any atom is -0.414 e. The minimum absolute atomic E-state index is 0.0118. The van der Waals surface area contributed by atoms with Gasteiger partial charge in [0.25, 0.3) is 0 Å². The number of alkyl halides is 4. The summed E-state index contributed by atoms with van der Waals surface area (Å²) in [4.78, 5) is 10.7. The van der Waals surface area contributed by atoms with Gasteiger partial charge in [-0.15, -0.1) is 11.8 Å². The van der Waals surface area contributed by atoms with E-state index in [4.69, 9.17) is 13.9 Å². The molecule has 1 amide bonds. The van der Waals surface area contributed by atoms with Gasteiger partial charge in [-0.1, -0.05) is 26.7 Å². The molecule has 0 aromatic carbocycles. The third kappa shape index (κ3) is 8.07. The summed E-state index contributed by atoms with van der Waals surface area (Å²) in [6, 6.07) is -0.879. The van der Waals surface area contributed by atoms with Crippen LogP contribution >= 0.6 is 11.8 Å². The van der Waals surface area contributed by atoms with E-state index in [1.165, 1.54) is 11.8 Å². The summed E-state index contributed by atoms with van der Waals surface area (Å²) < 4.78 is 68.8. The summed E-state index contributed by atoms with van der Waals surface area (Å²) in [7, 11) is -2.09. The Hall–Kier alpha value is -0.738. The lowest BCUT2D eigenvalue weighted by Crippen LogP contribution is -2.44. The highest BCUT2D eigenvalue weighted by Gasteiger charge is 2.47. The Balaban J connectivity index is 2.68. The van der Waals surface area contributed by atoms with Gasteiger partial charge in [0.2, 0.25) is 7.28 Å². The molecule has 5 nitrogen and oxygen atoms in total. The molecule has 0 aromatic heterocycles. The normalized spacial score (nSPS) is 24.9. The van der Waals surface area contributed by atoms with Gasteiger partial charge in [-0.25, -0.2) is 4.39 Å². The molecule has 172 valence electrons. The standard InChI is InChI=1S/C18H30BF4NO4SSi/c1-17(2,3)30(5,6)27-10-12-14(26-11-29-4)13(20)15(28-12)19-8-7-9-24-16(25)18(21,22)23/h12-15,19H,9-11H2,1-6H3,(H,24,25)/t12?,13?,14?,15-/m1/s1. The second-order valence-corrected chi connectivity index (χ2v) is 14.1. The number of amides is 1. The van der Waals surface area contributed by atoms with Gasteiger partial charge in [-0.05, 0) is 24.4 Å². The molecule has 0 bridgehead atoms. The lowest BCUT2D eigenvalue weighted by molar-refractivity contribution is -0.173. The first-order chi connectivity index (χ1) is 13.7. The number of hydrogen-bond acceptors (Lipinski definition) is 5. The Morgan fingerprint density at radius 2 is 1.93 bits per heavy atom. The summed E-state index contributed by atoms with van der Waals surface area (Å²) in [6.07, 6.45) is -5.97. The van der Waals surface area contributed by atoms with Crippen molar-refractivity contribution in [3.05, 3.63) is 0 Å². The van der Waals surface area contributed by atoms with Gasteiger partial charge in [0.15, 0.2) is 8.32 Å². The van der Waals surface area contributed by atoms with Crippen LogP contribution in [0.2, 0.25) is 18.1 Å². The molecule has 1 aliphatic rings. The molecule has 30 heavy (non-hydrogen) atoms. The molecule has 4 atom stereocenters. The number of halogens is 4. The maximum absolute atomic E-state index is 14.9. The average molecular weight is 471 g/mol. The van der Waals surface area contributed by atoms with Gasteiger partial charge in [0, 0.05) is 0 Å². The lowest BCUT2D eigenvalue weighted by atomic mass is 9.70. The Labute approximate surface area is 181 Å². The van der Waals surface area contributed by atoms with Crippen LogP contribution in [0.25, 0.3) is 0 Å². The van der Waals surface area contributed by atoms with Crippen LogP contribution in [0.1, 0.15) is 20.8 Å². The monoisotopic (exact) mass is 471 g/mol. The van der Waals surface area contributed by atoms with Crippen molar-refractivity contribution in [1.29, 1.82) is 0 Å². The van der Waals surface area contributed by atoms with Crippen molar-refractivity contribution >= 4 is 33.3 Å². The second-order valence-electron chi connectivity index (χ2n) is 8.50. The van der Waals surface area contributed by atoms with Crippen LogP contribution in [0, 0.1) is 11.7 Å². The Morgan fingerprint density at radius 3 is 2.47 bits per heavy atom. The molecule has 12 heteroatoms. The Morgan fingerprint density at radius 1 is 1.30 bits per heavy atom. The molecular formula is C18H30BF4NO4SSi. The number of thioether (sulfide) groups is 1. The van der Waals surface area contributed by atoms with E-state index in [0.29, 0.717) is 5.94 Å². The van der Waals surface area contributed by atoms with E-state index >= 15 is 0 Å². The van der Waals surface area contributed by atoms with Crippen LogP contribution < -0.4 is 5.32 Å². The molecule has 0 saturated carbocycles. The summed E-state index contributed by atoms with van der Waals surface area (Å²) in [5, 5.41) is 1.63. The van der Waals surface area contributed by atoms with E-state index in [1.807, 2.05) is 6.26 Å². The molecule has 1 saturated heterocycles. The molecule has 0 aliphatic carbocycles. The molecule has 0 spiro atoms. The Kier molecular flexibility index (Phi) is 10.2. The van der Waals surface area contributed by atoms with E-state index in [2.05, 4.69) is 45.6 Å². The van der Waals surface area contributed by atoms with Gasteiger partial charge in [-0.2, -0.15) is 19.0 Å². The van der Waals surface area contributed by atoms with Gasteiger partial charge in [0.05, 0.1) is 25.1 Å².